The number of carbonyl (C=O) groups is 1. The van der Waals surface area contributed by atoms with E-state index in [1.807, 2.05) is 0 Å². The Kier molecular flexibility index (Phi) is 3.53. The third-order valence-corrected chi connectivity index (χ3v) is 2.42. The van der Waals surface area contributed by atoms with Gasteiger partial charge < -0.3 is 5.32 Å². The number of amides is 1. The van der Waals surface area contributed by atoms with E-state index < -0.39 is 11.7 Å². The molecule has 2 aromatic rings. The van der Waals surface area contributed by atoms with Gasteiger partial charge in [0.2, 0.25) is 0 Å². The molecule has 0 aliphatic heterocycles. The second kappa shape index (κ2) is 5.10. The average Bonchev–Trinajstić information content (AvgIpc) is 2.34. The van der Waals surface area contributed by atoms with E-state index in [2.05, 4.69) is 15.3 Å². The van der Waals surface area contributed by atoms with E-state index in [1.54, 1.807) is 13.0 Å². The average molecular weight is 266 g/mol. The summed E-state index contributed by atoms with van der Waals surface area (Å²) in [4.78, 5) is 19.3. The van der Waals surface area contributed by atoms with Crippen LogP contribution in [0, 0.1) is 12.7 Å². The van der Waals surface area contributed by atoms with Crippen molar-refractivity contribution >= 4 is 23.2 Å². The van der Waals surface area contributed by atoms with Crippen LogP contribution in [-0.2, 0) is 0 Å². The zero-order chi connectivity index (χ0) is 13.1. The van der Waals surface area contributed by atoms with Crippen LogP contribution in [0.5, 0.6) is 0 Å². The second-order valence-electron chi connectivity index (χ2n) is 3.66. The summed E-state index contributed by atoms with van der Waals surface area (Å²) >= 11 is 5.56. The fourth-order valence-corrected chi connectivity index (χ4v) is 1.45. The van der Waals surface area contributed by atoms with Crippen LogP contribution < -0.4 is 5.32 Å². The molecular formula is C12H9ClFN3O. The van der Waals surface area contributed by atoms with Crippen LogP contribution >= 0.6 is 11.6 Å². The molecule has 2 rings (SSSR count). The third kappa shape index (κ3) is 2.81. The summed E-state index contributed by atoms with van der Waals surface area (Å²) in [5, 5.41) is 2.62. The van der Waals surface area contributed by atoms with Gasteiger partial charge in [-0.05, 0) is 24.6 Å². The van der Waals surface area contributed by atoms with E-state index in [4.69, 9.17) is 11.6 Å². The molecule has 0 radical (unpaired) electrons. The van der Waals surface area contributed by atoms with Crippen LogP contribution in [0.15, 0.2) is 30.6 Å². The van der Waals surface area contributed by atoms with Crippen LogP contribution in [-0.4, -0.2) is 15.9 Å². The lowest BCUT2D eigenvalue weighted by atomic mass is 10.2. The number of hydrogen-bond acceptors (Lipinski definition) is 3. The number of halogens is 2. The minimum Gasteiger partial charge on any atom is -0.318 e. The monoisotopic (exact) mass is 265 g/mol. The minimum absolute atomic E-state index is 0.0697. The molecule has 0 saturated carbocycles. The van der Waals surface area contributed by atoms with Crippen molar-refractivity contribution in [3.8, 4) is 0 Å². The first kappa shape index (κ1) is 12.4. The van der Waals surface area contributed by atoms with Crippen molar-refractivity contribution in [3.63, 3.8) is 0 Å². The molecule has 0 atom stereocenters. The highest BCUT2D eigenvalue weighted by Gasteiger charge is 2.11. The smallest absolute Gasteiger partial charge is 0.275 e. The van der Waals surface area contributed by atoms with Crippen LogP contribution in [0.3, 0.4) is 0 Å². The van der Waals surface area contributed by atoms with Gasteiger partial charge in [-0.1, -0.05) is 17.7 Å². The molecule has 6 heteroatoms. The highest BCUT2D eigenvalue weighted by atomic mass is 35.5. The van der Waals surface area contributed by atoms with Gasteiger partial charge in [-0.25, -0.2) is 14.4 Å². The first-order valence-electron chi connectivity index (χ1n) is 5.11. The van der Waals surface area contributed by atoms with Gasteiger partial charge in [-0.3, -0.25) is 4.79 Å². The van der Waals surface area contributed by atoms with E-state index in [9.17, 15) is 9.18 Å². The number of rotatable bonds is 2. The van der Waals surface area contributed by atoms with Gasteiger partial charge in [0.25, 0.3) is 5.91 Å². The molecule has 0 unspecified atom stereocenters. The Balaban J connectivity index is 2.21. The highest BCUT2D eigenvalue weighted by Crippen LogP contribution is 2.16. The van der Waals surface area contributed by atoms with Gasteiger partial charge in [0, 0.05) is 0 Å². The Morgan fingerprint density at radius 2 is 2.11 bits per heavy atom. The molecule has 4 nitrogen and oxygen atoms in total. The van der Waals surface area contributed by atoms with E-state index in [1.165, 1.54) is 24.5 Å². The van der Waals surface area contributed by atoms with E-state index in [-0.39, 0.29) is 16.5 Å². The predicted octanol–water partition coefficient (Wildman–Crippen LogP) is 2.83. The molecule has 0 saturated heterocycles. The Bertz CT molecular complexity index is 586. The van der Waals surface area contributed by atoms with Gasteiger partial charge in [-0.15, -0.1) is 0 Å². The molecule has 0 aliphatic carbocycles. The summed E-state index contributed by atoms with van der Waals surface area (Å²) in [5.74, 6) is -1.04. The number of hydrogen-bond donors (Lipinski definition) is 1. The molecule has 0 fully saturated rings. The van der Waals surface area contributed by atoms with Crippen LogP contribution in [0.4, 0.5) is 10.1 Å². The highest BCUT2D eigenvalue weighted by molar-refractivity contribution is 6.29. The number of benzene rings is 1. The Hall–Kier alpha value is -2.01. The lowest BCUT2D eigenvalue weighted by Crippen LogP contribution is -2.15. The van der Waals surface area contributed by atoms with Crippen LogP contribution in [0.2, 0.25) is 5.15 Å². The van der Waals surface area contributed by atoms with E-state index >= 15 is 0 Å². The summed E-state index contributed by atoms with van der Waals surface area (Å²) < 4.78 is 13.4. The summed E-state index contributed by atoms with van der Waals surface area (Å²) in [6, 6.07) is 4.45. The molecule has 1 aromatic carbocycles. The Labute approximate surface area is 108 Å². The fourth-order valence-electron chi connectivity index (χ4n) is 1.35. The Morgan fingerprint density at radius 3 is 2.78 bits per heavy atom. The first-order chi connectivity index (χ1) is 8.56. The molecular weight excluding hydrogens is 257 g/mol. The van der Waals surface area contributed by atoms with Gasteiger partial charge in [0.1, 0.15) is 16.7 Å². The summed E-state index contributed by atoms with van der Waals surface area (Å²) in [5.41, 5.74) is 1.02. The SMILES string of the molecule is Cc1ccc(F)c(NC(=O)c2cnc(Cl)cn2)c1. The summed E-state index contributed by atoms with van der Waals surface area (Å²) in [6.07, 6.45) is 2.48. The number of nitrogens with one attached hydrogen (secondary N) is 1. The molecule has 1 aromatic heterocycles. The topological polar surface area (TPSA) is 54.9 Å². The number of carbonyl (C=O) groups excluding carboxylic acids is 1. The second-order valence-corrected chi connectivity index (χ2v) is 4.05. The summed E-state index contributed by atoms with van der Waals surface area (Å²) in [7, 11) is 0. The van der Waals surface area contributed by atoms with E-state index in [0.717, 1.165) is 5.56 Å². The normalized spacial score (nSPS) is 10.2. The van der Waals surface area contributed by atoms with Crippen molar-refractivity contribution < 1.29 is 9.18 Å². The fraction of sp³-hybridized carbons (Fsp3) is 0.0833. The van der Waals surface area contributed by atoms with Crippen molar-refractivity contribution in [2.24, 2.45) is 0 Å². The molecule has 18 heavy (non-hydrogen) atoms. The van der Waals surface area contributed by atoms with Crippen molar-refractivity contribution in [3.05, 3.63) is 52.8 Å². The standard InChI is InChI=1S/C12H9ClFN3O/c1-7-2-3-8(14)9(4-7)17-12(18)10-5-16-11(13)6-15-10/h2-6H,1H3,(H,17,18). The van der Waals surface area contributed by atoms with Crippen LogP contribution in [0.1, 0.15) is 16.1 Å². The maximum atomic E-state index is 13.4. The zero-order valence-corrected chi connectivity index (χ0v) is 10.2. The van der Waals surface area contributed by atoms with Gasteiger partial charge in [-0.2, -0.15) is 0 Å². The minimum atomic E-state index is -0.538. The maximum absolute atomic E-state index is 13.4. The van der Waals surface area contributed by atoms with Crippen LogP contribution in [0.25, 0.3) is 0 Å². The Morgan fingerprint density at radius 1 is 1.33 bits per heavy atom. The molecule has 1 heterocycles. The van der Waals surface area contributed by atoms with Crippen molar-refractivity contribution in [1.29, 1.82) is 0 Å². The number of nitrogens with zero attached hydrogens (tertiary/aromatic N) is 2. The van der Waals surface area contributed by atoms with E-state index in [0.29, 0.717) is 0 Å². The van der Waals surface area contributed by atoms with Gasteiger partial charge >= 0.3 is 0 Å². The molecule has 92 valence electrons. The van der Waals surface area contributed by atoms with Gasteiger partial charge in [0.05, 0.1) is 18.1 Å². The van der Waals surface area contributed by atoms with Crippen molar-refractivity contribution in [2.45, 2.75) is 6.92 Å². The molecule has 0 aliphatic rings. The largest absolute Gasteiger partial charge is 0.318 e. The third-order valence-electron chi connectivity index (χ3n) is 2.22. The van der Waals surface area contributed by atoms with Crippen molar-refractivity contribution in [2.75, 3.05) is 5.32 Å². The number of aryl methyl sites for hydroxylation is 1. The molecule has 0 bridgehead atoms. The predicted molar refractivity (Wildman–Crippen MR) is 66.1 cm³/mol. The molecule has 1 amide bonds. The van der Waals surface area contributed by atoms with Crippen molar-refractivity contribution in [1.82, 2.24) is 9.97 Å². The molecule has 0 spiro atoms. The van der Waals surface area contributed by atoms with Gasteiger partial charge in [0.15, 0.2) is 0 Å². The molecule has 1 N–H and O–H groups in total. The number of anilines is 1. The quantitative estimate of drug-likeness (QED) is 0.908. The summed E-state index contributed by atoms with van der Waals surface area (Å²) in [6.45, 7) is 1.80. The number of aromatic nitrogens is 2. The first-order valence-corrected chi connectivity index (χ1v) is 5.49. The maximum Gasteiger partial charge on any atom is 0.275 e. The lowest BCUT2D eigenvalue weighted by molar-refractivity contribution is 0.102. The lowest BCUT2D eigenvalue weighted by Gasteiger charge is -2.06. The zero-order valence-electron chi connectivity index (χ0n) is 9.45.